The molecule has 1 heterocycles. The SMILES string of the molecule is CCN(CC(N)=NO)C1CCOC2(CCC2)C1. The first-order valence-electron chi connectivity index (χ1n) is 6.53. The van der Waals surface area contributed by atoms with E-state index >= 15 is 0 Å². The van der Waals surface area contributed by atoms with Crippen molar-refractivity contribution in [3.63, 3.8) is 0 Å². The van der Waals surface area contributed by atoms with Gasteiger partial charge >= 0.3 is 0 Å². The summed E-state index contributed by atoms with van der Waals surface area (Å²) in [5.74, 6) is 0.293. The molecule has 0 amide bonds. The molecule has 1 aliphatic heterocycles. The third-order valence-corrected chi connectivity index (χ3v) is 4.15. The molecule has 1 spiro atoms. The molecule has 0 radical (unpaired) electrons. The molecule has 0 aromatic rings. The summed E-state index contributed by atoms with van der Waals surface area (Å²) in [6, 6.07) is 0.509. The van der Waals surface area contributed by atoms with Crippen LogP contribution in [0, 0.1) is 0 Å². The minimum absolute atomic E-state index is 0.154. The van der Waals surface area contributed by atoms with E-state index in [1.807, 2.05) is 0 Å². The van der Waals surface area contributed by atoms with Crippen LogP contribution in [0.1, 0.15) is 39.0 Å². The van der Waals surface area contributed by atoms with Crippen molar-refractivity contribution in [1.82, 2.24) is 4.90 Å². The molecule has 0 aromatic carbocycles. The summed E-state index contributed by atoms with van der Waals surface area (Å²) in [5, 5.41) is 11.7. The molecule has 3 N–H and O–H groups in total. The number of hydrogen-bond acceptors (Lipinski definition) is 4. The van der Waals surface area contributed by atoms with E-state index in [0.29, 0.717) is 18.4 Å². The first kappa shape index (κ1) is 12.6. The molecule has 98 valence electrons. The maximum Gasteiger partial charge on any atom is 0.153 e. The van der Waals surface area contributed by atoms with Crippen molar-refractivity contribution in [2.45, 2.75) is 50.7 Å². The summed E-state index contributed by atoms with van der Waals surface area (Å²) in [6.45, 7) is 4.44. The van der Waals surface area contributed by atoms with Gasteiger partial charge in [0.25, 0.3) is 0 Å². The van der Waals surface area contributed by atoms with Crippen LogP contribution in [-0.2, 0) is 4.74 Å². The lowest BCUT2D eigenvalue weighted by Gasteiger charge is -2.49. The van der Waals surface area contributed by atoms with Gasteiger partial charge in [0, 0.05) is 12.6 Å². The van der Waals surface area contributed by atoms with Gasteiger partial charge in [0.15, 0.2) is 5.84 Å². The van der Waals surface area contributed by atoms with Gasteiger partial charge < -0.3 is 15.7 Å². The monoisotopic (exact) mass is 241 g/mol. The molecule has 0 bridgehead atoms. The second-order valence-electron chi connectivity index (χ2n) is 5.19. The number of oxime groups is 1. The predicted molar refractivity (Wildman–Crippen MR) is 66.2 cm³/mol. The van der Waals surface area contributed by atoms with Crippen molar-refractivity contribution < 1.29 is 9.94 Å². The fourth-order valence-corrected chi connectivity index (χ4v) is 2.97. The second-order valence-corrected chi connectivity index (χ2v) is 5.19. The highest BCUT2D eigenvalue weighted by atomic mass is 16.5. The molecule has 2 fully saturated rings. The second kappa shape index (κ2) is 5.23. The van der Waals surface area contributed by atoms with Crippen LogP contribution in [0.15, 0.2) is 5.16 Å². The van der Waals surface area contributed by atoms with Gasteiger partial charge in [0.2, 0.25) is 0 Å². The maximum atomic E-state index is 8.65. The molecule has 5 nitrogen and oxygen atoms in total. The quantitative estimate of drug-likeness (QED) is 0.335. The number of ether oxygens (including phenoxy) is 1. The number of hydrogen-bond donors (Lipinski definition) is 2. The van der Waals surface area contributed by atoms with Gasteiger partial charge in [-0.05, 0) is 38.6 Å². The zero-order valence-corrected chi connectivity index (χ0v) is 10.6. The normalized spacial score (nSPS) is 28.4. The smallest absolute Gasteiger partial charge is 0.153 e. The van der Waals surface area contributed by atoms with Crippen LogP contribution in [0.25, 0.3) is 0 Å². The third kappa shape index (κ3) is 2.72. The number of rotatable bonds is 4. The number of nitrogens with zero attached hydrogens (tertiary/aromatic N) is 2. The summed E-state index contributed by atoms with van der Waals surface area (Å²) in [6.07, 6.45) is 5.84. The largest absolute Gasteiger partial charge is 0.409 e. The van der Waals surface area contributed by atoms with E-state index in [2.05, 4.69) is 17.0 Å². The van der Waals surface area contributed by atoms with E-state index in [1.165, 1.54) is 19.3 Å². The lowest BCUT2D eigenvalue weighted by atomic mass is 9.73. The first-order chi connectivity index (χ1) is 8.19. The molecule has 2 rings (SSSR count). The van der Waals surface area contributed by atoms with Gasteiger partial charge in [-0.2, -0.15) is 0 Å². The molecule has 1 saturated heterocycles. The Kier molecular flexibility index (Phi) is 3.89. The minimum atomic E-state index is 0.154. The lowest BCUT2D eigenvalue weighted by molar-refractivity contribution is -0.147. The minimum Gasteiger partial charge on any atom is -0.409 e. The van der Waals surface area contributed by atoms with Crippen molar-refractivity contribution in [1.29, 1.82) is 0 Å². The fourth-order valence-electron chi connectivity index (χ4n) is 2.97. The first-order valence-corrected chi connectivity index (χ1v) is 6.53. The maximum absolute atomic E-state index is 8.65. The standard InChI is InChI=1S/C12H23N3O2/c1-2-15(9-11(13)14-16)10-4-7-17-12(8-10)5-3-6-12/h10,16H,2-9H2,1H3,(H2,13,14). The Labute approximate surface area is 103 Å². The molecule has 1 atom stereocenters. The average Bonchev–Trinajstić information content (AvgIpc) is 2.33. The molecule has 5 heteroatoms. The highest BCUT2D eigenvalue weighted by Crippen LogP contribution is 2.43. The molecule has 0 aromatic heterocycles. The Morgan fingerprint density at radius 1 is 1.59 bits per heavy atom. The average molecular weight is 241 g/mol. The van der Waals surface area contributed by atoms with Crippen LogP contribution >= 0.6 is 0 Å². The van der Waals surface area contributed by atoms with Crippen molar-refractivity contribution in [2.24, 2.45) is 10.9 Å². The molecular formula is C12H23N3O2. The highest BCUT2D eigenvalue weighted by Gasteiger charge is 2.43. The fraction of sp³-hybridized carbons (Fsp3) is 0.917. The van der Waals surface area contributed by atoms with E-state index in [4.69, 9.17) is 15.7 Å². The Morgan fingerprint density at radius 3 is 2.88 bits per heavy atom. The zero-order chi connectivity index (χ0) is 12.3. The molecular weight excluding hydrogens is 218 g/mol. The Balaban J connectivity index is 1.94. The van der Waals surface area contributed by atoms with Crippen molar-refractivity contribution in [2.75, 3.05) is 19.7 Å². The predicted octanol–water partition coefficient (Wildman–Crippen LogP) is 1.16. The van der Waals surface area contributed by atoms with Gasteiger partial charge in [0.1, 0.15) is 0 Å². The summed E-state index contributed by atoms with van der Waals surface area (Å²) >= 11 is 0. The van der Waals surface area contributed by atoms with Crippen LogP contribution in [0.4, 0.5) is 0 Å². The van der Waals surface area contributed by atoms with Gasteiger partial charge in [-0.25, -0.2) is 0 Å². The van der Waals surface area contributed by atoms with Gasteiger partial charge in [-0.1, -0.05) is 12.1 Å². The van der Waals surface area contributed by atoms with Gasteiger partial charge in [0.05, 0.1) is 12.1 Å². The van der Waals surface area contributed by atoms with Crippen LogP contribution in [0.3, 0.4) is 0 Å². The van der Waals surface area contributed by atoms with E-state index < -0.39 is 0 Å². The topological polar surface area (TPSA) is 71.1 Å². The summed E-state index contributed by atoms with van der Waals surface area (Å²) in [4.78, 5) is 2.29. The number of likely N-dealkylation sites (N-methyl/N-ethyl adjacent to an activating group) is 1. The van der Waals surface area contributed by atoms with E-state index in [9.17, 15) is 0 Å². The number of nitrogens with two attached hydrogens (primary N) is 1. The zero-order valence-electron chi connectivity index (χ0n) is 10.6. The summed E-state index contributed by atoms with van der Waals surface area (Å²) in [7, 11) is 0. The van der Waals surface area contributed by atoms with Crippen LogP contribution in [-0.4, -0.2) is 47.3 Å². The Bertz CT molecular complexity index is 289. The highest BCUT2D eigenvalue weighted by molar-refractivity contribution is 5.81. The number of amidine groups is 1. The van der Waals surface area contributed by atoms with Gasteiger partial charge in [-0.15, -0.1) is 0 Å². The Hall–Kier alpha value is -0.810. The van der Waals surface area contributed by atoms with E-state index in [-0.39, 0.29) is 5.60 Å². The molecule has 1 saturated carbocycles. The molecule has 1 unspecified atom stereocenters. The van der Waals surface area contributed by atoms with Crippen LogP contribution in [0.2, 0.25) is 0 Å². The molecule has 17 heavy (non-hydrogen) atoms. The van der Waals surface area contributed by atoms with Crippen molar-refractivity contribution in [3.05, 3.63) is 0 Å². The third-order valence-electron chi connectivity index (χ3n) is 4.15. The molecule has 1 aliphatic carbocycles. The van der Waals surface area contributed by atoms with Gasteiger partial charge in [-0.3, -0.25) is 4.90 Å². The molecule has 2 aliphatic rings. The van der Waals surface area contributed by atoms with E-state index in [1.54, 1.807) is 0 Å². The van der Waals surface area contributed by atoms with Crippen molar-refractivity contribution in [3.8, 4) is 0 Å². The van der Waals surface area contributed by atoms with Crippen molar-refractivity contribution >= 4 is 5.84 Å². The van der Waals surface area contributed by atoms with E-state index in [0.717, 1.165) is 26.0 Å². The van der Waals surface area contributed by atoms with Crippen LogP contribution < -0.4 is 5.73 Å². The Morgan fingerprint density at radius 2 is 2.35 bits per heavy atom. The lowest BCUT2D eigenvalue weighted by Crippen LogP contribution is -2.53. The summed E-state index contributed by atoms with van der Waals surface area (Å²) < 4.78 is 5.92. The summed E-state index contributed by atoms with van der Waals surface area (Å²) in [5.41, 5.74) is 5.75. The van der Waals surface area contributed by atoms with Crippen LogP contribution in [0.5, 0.6) is 0 Å².